The molecular formula is C7H7ClNO5S2+. The van der Waals surface area contributed by atoms with Gasteiger partial charge in [0.25, 0.3) is 16.0 Å². The quantitative estimate of drug-likeness (QED) is 0.502. The van der Waals surface area contributed by atoms with Crippen molar-refractivity contribution in [1.29, 1.82) is 0 Å². The first-order valence-electron chi connectivity index (χ1n) is 3.86. The van der Waals surface area contributed by atoms with Crippen LogP contribution >= 0.6 is 11.6 Å². The average molecular weight is 285 g/mol. The summed E-state index contributed by atoms with van der Waals surface area (Å²) in [6.45, 7) is 0. The predicted molar refractivity (Wildman–Crippen MR) is 62.6 cm³/mol. The normalized spacial score (nSPS) is 11.2. The zero-order chi connectivity index (χ0) is 12.3. The molecule has 0 fully saturated rings. The number of nitro benzene ring substituents is 1. The van der Waals surface area contributed by atoms with Crippen LogP contribution in [-0.4, -0.2) is 18.2 Å². The van der Waals surface area contributed by atoms with Crippen LogP contribution in [0.2, 0.25) is 5.02 Å². The molecular weight excluding hydrogens is 278 g/mol. The summed E-state index contributed by atoms with van der Waals surface area (Å²) >= 11 is 5.73. The standard InChI is InChI=1S/C7H6ClNO5S2/c8-7-3-6(9(10)11)2-1-5(7)4-15-16(12,13)14/h1-3H,4H2,(H-,12,13,14)/p+1. The van der Waals surface area contributed by atoms with Crippen LogP contribution < -0.4 is 0 Å². The molecule has 1 aromatic carbocycles. The number of rotatable bonds is 3. The molecule has 6 nitrogen and oxygen atoms in total. The molecule has 0 spiro atoms. The Balaban J connectivity index is 3.01. The summed E-state index contributed by atoms with van der Waals surface area (Å²) in [7, 11) is -3.49. The summed E-state index contributed by atoms with van der Waals surface area (Å²) in [6.07, 6.45) is 0. The minimum absolute atomic E-state index is 0.0112. The second-order valence-corrected chi connectivity index (χ2v) is 6.58. The van der Waals surface area contributed by atoms with Gasteiger partial charge in [-0.2, -0.15) is 4.21 Å². The lowest BCUT2D eigenvalue weighted by Crippen LogP contribution is -1.98. The summed E-state index contributed by atoms with van der Waals surface area (Å²) in [5.74, 6) is -0.0112. The van der Waals surface area contributed by atoms with Crippen LogP contribution in [0.5, 0.6) is 0 Å². The summed E-state index contributed by atoms with van der Waals surface area (Å²) in [4.78, 5) is 9.80. The zero-order valence-electron chi connectivity index (χ0n) is 7.70. The predicted octanol–water partition coefficient (Wildman–Crippen LogP) is 1.98. The smallest absolute Gasteiger partial charge is 0.258 e. The summed E-state index contributed by atoms with van der Waals surface area (Å²) in [5, 5.41) is 10.5. The molecule has 2 N–H and O–H groups in total. The Bertz CT molecular complexity index is 530. The first-order chi connectivity index (χ1) is 7.29. The maximum absolute atomic E-state index is 10.6. The largest absolute Gasteiger partial charge is 0.430 e. The van der Waals surface area contributed by atoms with Crippen molar-refractivity contribution in [3.63, 3.8) is 0 Å². The van der Waals surface area contributed by atoms with Crippen molar-refractivity contribution in [3.05, 3.63) is 38.9 Å². The average Bonchev–Trinajstić information content (AvgIpc) is 2.14. The number of hydrogen-bond donors (Lipinski definition) is 2. The number of nitrogens with zero attached hydrogens (tertiary/aromatic N) is 1. The Hall–Kier alpha value is -0.800. The Labute approximate surface area is 99.7 Å². The topological polar surface area (TPSA) is 101 Å². The van der Waals surface area contributed by atoms with E-state index in [1.807, 2.05) is 0 Å². The lowest BCUT2D eigenvalue weighted by molar-refractivity contribution is -0.384. The van der Waals surface area contributed by atoms with Crippen LogP contribution in [0.3, 0.4) is 0 Å². The first kappa shape index (κ1) is 13.3. The summed E-state index contributed by atoms with van der Waals surface area (Å²) in [6, 6.07) is 3.75. The highest BCUT2D eigenvalue weighted by Gasteiger charge is 2.15. The molecule has 88 valence electrons. The molecule has 0 aromatic heterocycles. The van der Waals surface area contributed by atoms with Crippen molar-refractivity contribution in [1.82, 2.24) is 0 Å². The Morgan fingerprint density at radius 1 is 1.50 bits per heavy atom. The Morgan fingerprint density at radius 3 is 2.56 bits per heavy atom. The zero-order valence-corrected chi connectivity index (χ0v) is 10.1. The fourth-order valence-corrected chi connectivity index (χ4v) is 2.60. The van der Waals surface area contributed by atoms with E-state index in [0.717, 1.165) is 6.07 Å². The monoisotopic (exact) mass is 284 g/mol. The molecule has 0 saturated carbocycles. The highest BCUT2D eigenvalue weighted by Crippen LogP contribution is 2.22. The van der Waals surface area contributed by atoms with Crippen LogP contribution in [0.1, 0.15) is 5.56 Å². The van der Waals surface area contributed by atoms with Gasteiger partial charge in [-0.1, -0.05) is 11.6 Å². The molecule has 1 rings (SSSR count). The van der Waals surface area contributed by atoms with E-state index >= 15 is 0 Å². The lowest BCUT2D eigenvalue weighted by atomic mass is 10.2. The maximum atomic E-state index is 10.6. The van der Waals surface area contributed by atoms with E-state index in [4.69, 9.17) is 20.7 Å². The van der Waals surface area contributed by atoms with Crippen molar-refractivity contribution < 1.29 is 18.2 Å². The van der Waals surface area contributed by atoms with Gasteiger partial charge in [0, 0.05) is 17.7 Å². The van der Waals surface area contributed by atoms with Gasteiger partial charge >= 0.3 is 9.05 Å². The fraction of sp³-hybridized carbons (Fsp3) is 0.143. The van der Waals surface area contributed by atoms with Crippen LogP contribution in [0.15, 0.2) is 18.2 Å². The number of benzene rings is 1. The summed E-state index contributed by atoms with van der Waals surface area (Å²) in [5.41, 5.74) is 0.278. The lowest BCUT2D eigenvalue weighted by Gasteiger charge is -1.95. The molecule has 0 aliphatic heterocycles. The maximum Gasteiger partial charge on any atom is 0.430 e. The van der Waals surface area contributed by atoms with E-state index in [2.05, 4.69) is 0 Å². The van der Waals surface area contributed by atoms with Gasteiger partial charge in [-0.05, 0) is 6.07 Å². The number of hydrogen-bond acceptors (Lipinski definition) is 3. The van der Waals surface area contributed by atoms with Crippen LogP contribution in [0, 0.1) is 10.1 Å². The Morgan fingerprint density at radius 2 is 2.12 bits per heavy atom. The molecule has 0 heterocycles. The van der Waals surface area contributed by atoms with Gasteiger partial charge < -0.3 is 0 Å². The molecule has 0 amide bonds. The molecule has 0 bridgehead atoms. The van der Waals surface area contributed by atoms with Gasteiger partial charge in [-0.3, -0.25) is 19.2 Å². The molecule has 9 heteroatoms. The third-order valence-electron chi connectivity index (χ3n) is 1.62. The number of nitro groups is 1. The van der Waals surface area contributed by atoms with E-state index in [1.54, 1.807) is 0 Å². The second kappa shape index (κ2) is 5.02. The van der Waals surface area contributed by atoms with Crippen molar-refractivity contribution in [2.45, 2.75) is 5.75 Å². The molecule has 0 atom stereocenters. The molecule has 0 aliphatic rings. The molecule has 0 unspecified atom stereocenters. The van der Waals surface area contributed by atoms with E-state index in [1.165, 1.54) is 12.1 Å². The highest BCUT2D eigenvalue weighted by atomic mass is 35.5. The molecule has 0 saturated heterocycles. The number of halogens is 1. The molecule has 0 radical (unpaired) electrons. The van der Waals surface area contributed by atoms with E-state index < -0.39 is 14.0 Å². The van der Waals surface area contributed by atoms with Gasteiger partial charge in [0.2, 0.25) is 5.75 Å². The van der Waals surface area contributed by atoms with Gasteiger partial charge in [-0.25, -0.2) is 0 Å². The van der Waals surface area contributed by atoms with Crippen molar-refractivity contribution in [3.8, 4) is 0 Å². The van der Waals surface area contributed by atoms with Crippen LogP contribution in [-0.2, 0) is 25.1 Å². The highest BCUT2D eigenvalue weighted by molar-refractivity contribution is 8.33. The number of non-ortho nitro benzene ring substituents is 1. The minimum atomic E-state index is -3.89. The van der Waals surface area contributed by atoms with Crippen molar-refractivity contribution >= 4 is 36.7 Å². The van der Waals surface area contributed by atoms with E-state index in [-0.39, 0.29) is 16.5 Å². The third kappa shape index (κ3) is 3.99. The van der Waals surface area contributed by atoms with E-state index in [0.29, 0.717) is 15.9 Å². The molecule has 1 aromatic rings. The Kier molecular flexibility index (Phi) is 4.16. The van der Waals surface area contributed by atoms with Gasteiger partial charge in [0.1, 0.15) is 0 Å². The van der Waals surface area contributed by atoms with Gasteiger partial charge in [-0.15, -0.1) is 0 Å². The second-order valence-electron chi connectivity index (χ2n) is 2.74. The molecule has 0 aliphatic carbocycles. The van der Waals surface area contributed by atoms with Crippen LogP contribution in [0.4, 0.5) is 5.69 Å². The van der Waals surface area contributed by atoms with Gasteiger partial charge in [0.15, 0.2) is 0 Å². The fourth-order valence-electron chi connectivity index (χ4n) is 0.907. The molecule has 16 heavy (non-hydrogen) atoms. The van der Waals surface area contributed by atoms with Gasteiger partial charge in [0.05, 0.1) is 9.95 Å². The first-order valence-corrected chi connectivity index (χ1v) is 7.21. The van der Waals surface area contributed by atoms with Crippen LogP contribution in [0.25, 0.3) is 0 Å². The van der Waals surface area contributed by atoms with E-state index in [9.17, 15) is 14.3 Å². The van der Waals surface area contributed by atoms with Crippen molar-refractivity contribution in [2.24, 2.45) is 0 Å². The summed E-state index contributed by atoms with van der Waals surface area (Å²) < 4.78 is 27.8. The minimum Gasteiger partial charge on any atom is -0.258 e. The SMILES string of the molecule is O=[N+]([O-])c1ccc(C[S+]=S(=O)(O)O)c(Cl)c1. The van der Waals surface area contributed by atoms with Crippen molar-refractivity contribution in [2.75, 3.05) is 0 Å². The third-order valence-corrected chi connectivity index (χ3v) is 3.98.